The highest BCUT2D eigenvalue weighted by Gasteiger charge is 2.30. The van der Waals surface area contributed by atoms with Crippen molar-refractivity contribution in [3.8, 4) is 5.88 Å². The molecule has 1 aliphatic rings. The van der Waals surface area contributed by atoms with Crippen LogP contribution in [0.2, 0.25) is 0 Å². The molecule has 1 saturated heterocycles. The van der Waals surface area contributed by atoms with E-state index in [9.17, 15) is 9.59 Å². The molecule has 0 bridgehead atoms. The molecule has 2 aromatic heterocycles. The number of piperazine rings is 1. The quantitative estimate of drug-likeness (QED) is 0.651. The maximum Gasteiger partial charge on any atom is 0.410 e. The SMILES string of the molecule is C=C/N=C(\C)COc1ccc2c(N3CCN(C(=O)OCCC)CC3=O)cn(C)c2n1. The molecule has 0 radical (unpaired) electrons. The van der Waals surface area contributed by atoms with Crippen LogP contribution in [-0.2, 0) is 16.6 Å². The fraction of sp³-hybridized carbons (Fsp3) is 0.429. The third-order valence-corrected chi connectivity index (χ3v) is 4.72. The van der Waals surface area contributed by atoms with Gasteiger partial charge in [-0.05, 0) is 19.4 Å². The Kier molecular flexibility index (Phi) is 6.71. The van der Waals surface area contributed by atoms with Gasteiger partial charge in [0.25, 0.3) is 0 Å². The zero-order valence-electron chi connectivity index (χ0n) is 17.6. The number of carbonyl (C=O) groups excluding carboxylic acids is 2. The van der Waals surface area contributed by atoms with E-state index >= 15 is 0 Å². The molecule has 0 spiro atoms. The average Bonchev–Trinajstić information content (AvgIpc) is 3.06. The van der Waals surface area contributed by atoms with E-state index in [4.69, 9.17) is 9.47 Å². The molecule has 2 amide bonds. The fourth-order valence-corrected chi connectivity index (χ4v) is 3.25. The lowest BCUT2D eigenvalue weighted by molar-refractivity contribution is -0.120. The van der Waals surface area contributed by atoms with Gasteiger partial charge in [0.05, 0.1) is 18.0 Å². The van der Waals surface area contributed by atoms with Gasteiger partial charge in [-0.15, -0.1) is 0 Å². The first-order valence-corrected chi connectivity index (χ1v) is 9.89. The standard InChI is InChI=1S/C21H27N5O4/c1-5-11-29-21(28)25-9-10-26(19(27)13-25)17-12-24(4)20-16(17)7-8-18(23-20)30-14-15(3)22-6-2/h6-8,12H,2,5,9-11,13-14H2,1,3-4H3/b22-15+. The van der Waals surface area contributed by atoms with Crippen LogP contribution in [0.3, 0.4) is 0 Å². The predicted octanol–water partition coefficient (Wildman–Crippen LogP) is 2.75. The summed E-state index contributed by atoms with van der Waals surface area (Å²) in [5, 5.41) is 0.844. The third kappa shape index (κ3) is 4.61. The van der Waals surface area contributed by atoms with Gasteiger partial charge < -0.3 is 18.9 Å². The number of anilines is 1. The number of amides is 2. The molecule has 1 fully saturated rings. The summed E-state index contributed by atoms with van der Waals surface area (Å²) in [6.07, 6.45) is 3.64. The molecule has 0 N–H and O–H groups in total. The van der Waals surface area contributed by atoms with E-state index < -0.39 is 6.09 Å². The molecule has 0 unspecified atom stereocenters. The predicted molar refractivity (Wildman–Crippen MR) is 115 cm³/mol. The lowest BCUT2D eigenvalue weighted by Crippen LogP contribution is -2.52. The Morgan fingerprint density at radius 3 is 2.87 bits per heavy atom. The number of hydrogen-bond donors (Lipinski definition) is 0. The van der Waals surface area contributed by atoms with Crippen LogP contribution >= 0.6 is 0 Å². The van der Waals surface area contributed by atoms with Crippen LogP contribution in [0.1, 0.15) is 20.3 Å². The van der Waals surface area contributed by atoms with Crippen molar-refractivity contribution in [1.82, 2.24) is 14.5 Å². The Bertz CT molecular complexity index is 981. The number of aromatic nitrogens is 2. The Labute approximate surface area is 175 Å². The van der Waals surface area contributed by atoms with Crippen LogP contribution < -0.4 is 9.64 Å². The zero-order valence-corrected chi connectivity index (χ0v) is 17.6. The van der Waals surface area contributed by atoms with Gasteiger partial charge in [-0.25, -0.2) is 4.79 Å². The minimum absolute atomic E-state index is 0.00449. The second-order valence-corrected chi connectivity index (χ2v) is 7.06. The second kappa shape index (κ2) is 9.43. The lowest BCUT2D eigenvalue weighted by Gasteiger charge is -2.33. The summed E-state index contributed by atoms with van der Waals surface area (Å²) in [5.41, 5.74) is 2.27. The van der Waals surface area contributed by atoms with Crippen molar-refractivity contribution in [3.05, 3.63) is 31.1 Å². The van der Waals surface area contributed by atoms with Crippen LogP contribution in [0.15, 0.2) is 36.1 Å². The van der Waals surface area contributed by atoms with E-state index in [-0.39, 0.29) is 12.5 Å². The molecule has 1 aliphatic heterocycles. The molecule has 160 valence electrons. The number of aryl methyl sites for hydroxylation is 1. The maximum atomic E-state index is 12.7. The number of fused-ring (bicyclic) bond motifs is 1. The molecule has 3 rings (SSSR count). The van der Waals surface area contributed by atoms with E-state index in [0.29, 0.717) is 37.8 Å². The molecule has 30 heavy (non-hydrogen) atoms. The first-order valence-electron chi connectivity index (χ1n) is 9.89. The van der Waals surface area contributed by atoms with Gasteiger partial charge in [0.2, 0.25) is 11.8 Å². The van der Waals surface area contributed by atoms with Crippen molar-refractivity contribution in [1.29, 1.82) is 0 Å². The molecule has 0 aromatic carbocycles. The fourth-order valence-electron chi connectivity index (χ4n) is 3.25. The van der Waals surface area contributed by atoms with Gasteiger partial charge in [0, 0.05) is 44.0 Å². The van der Waals surface area contributed by atoms with Crippen LogP contribution in [-0.4, -0.2) is 65.0 Å². The zero-order chi connectivity index (χ0) is 21.7. The summed E-state index contributed by atoms with van der Waals surface area (Å²) in [4.78, 5) is 36.5. The Morgan fingerprint density at radius 2 is 2.17 bits per heavy atom. The molecule has 2 aromatic rings. The molecule has 0 atom stereocenters. The number of ether oxygens (including phenoxy) is 2. The number of rotatable bonds is 7. The molecule has 9 nitrogen and oxygen atoms in total. The third-order valence-electron chi connectivity index (χ3n) is 4.72. The summed E-state index contributed by atoms with van der Waals surface area (Å²) in [7, 11) is 1.87. The van der Waals surface area contributed by atoms with Gasteiger partial charge in [-0.3, -0.25) is 14.7 Å². The first-order chi connectivity index (χ1) is 14.4. The number of nitrogens with zero attached hydrogens (tertiary/aromatic N) is 5. The van der Waals surface area contributed by atoms with Crippen molar-refractivity contribution in [2.24, 2.45) is 12.0 Å². The van der Waals surface area contributed by atoms with E-state index in [1.165, 1.54) is 11.1 Å². The lowest BCUT2D eigenvalue weighted by atomic mass is 10.2. The summed E-state index contributed by atoms with van der Waals surface area (Å²) in [6, 6.07) is 3.66. The summed E-state index contributed by atoms with van der Waals surface area (Å²) >= 11 is 0. The minimum atomic E-state index is -0.443. The Morgan fingerprint density at radius 1 is 1.37 bits per heavy atom. The minimum Gasteiger partial charge on any atom is -0.471 e. The monoisotopic (exact) mass is 413 g/mol. The van der Waals surface area contributed by atoms with Gasteiger partial charge in [-0.1, -0.05) is 13.5 Å². The summed E-state index contributed by atoms with van der Waals surface area (Å²) < 4.78 is 12.7. The van der Waals surface area contributed by atoms with Gasteiger partial charge in [0.15, 0.2) is 0 Å². The largest absolute Gasteiger partial charge is 0.471 e. The summed E-state index contributed by atoms with van der Waals surface area (Å²) in [5.74, 6) is 0.322. The van der Waals surface area contributed by atoms with Gasteiger partial charge in [-0.2, -0.15) is 4.98 Å². The smallest absolute Gasteiger partial charge is 0.410 e. The van der Waals surface area contributed by atoms with Crippen molar-refractivity contribution in [3.63, 3.8) is 0 Å². The molecular weight excluding hydrogens is 386 g/mol. The number of carbonyl (C=O) groups is 2. The van der Waals surface area contributed by atoms with E-state index in [1.807, 2.05) is 37.7 Å². The second-order valence-electron chi connectivity index (χ2n) is 7.06. The molecule has 0 saturated carbocycles. The average molecular weight is 413 g/mol. The normalized spacial score (nSPS) is 14.9. The molecule has 3 heterocycles. The maximum absolute atomic E-state index is 12.7. The first kappa shape index (κ1) is 21.4. The van der Waals surface area contributed by atoms with Crippen molar-refractivity contribution >= 4 is 34.4 Å². The van der Waals surface area contributed by atoms with Crippen LogP contribution in [0.4, 0.5) is 10.5 Å². The van der Waals surface area contributed by atoms with Crippen molar-refractivity contribution in [2.45, 2.75) is 20.3 Å². The van der Waals surface area contributed by atoms with Crippen LogP contribution in [0, 0.1) is 0 Å². The van der Waals surface area contributed by atoms with E-state index in [0.717, 1.165) is 23.2 Å². The number of pyridine rings is 1. The Hall–Kier alpha value is -3.36. The van der Waals surface area contributed by atoms with Gasteiger partial charge >= 0.3 is 6.09 Å². The number of hydrogen-bond acceptors (Lipinski definition) is 6. The topological polar surface area (TPSA) is 89.3 Å². The van der Waals surface area contributed by atoms with Crippen molar-refractivity contribution < 1.29 is 19.1 Å². The highest BCUT2D eigenvalue weighted by Crippen LogP contribution is 2.30. The highest BCUT2D eigenvalue weighted by molar-refractivity contribution is 6.04. The van der Waals surface area contributed by atoms with E-state index in [1.54, 1.807) is 11.0 Å². The van der Waals surface area contributed by atoms with Crippen LogP contribution in [0.5, 0.6) is 5.88 Å². The van der Waals surface area contributed by atoms with Crippen LogP contribution in [0.25, 0.3) is 11.0 Å². The summed E-state index contributed by atoms with van der Waals surface area (Å²) in [6.45, 7) is 8.82. The van der Waals surface area contributed by atoms with Gasteiger partial charge in [0.1, 0.15) is 18.8 Å². The highest BCUT2D eigenvalue weighted by atomic mass is 16.6. The number of aliphatic imine (C=N–C) groups is 1. The van der Waals surface area contributed by atoms with Crippen molar-refractivity contribution in [2.75, 3.05) is 37.7 Å². The van der Waals surface area contributed by atoms with E-state index in [2.05, 4.69) is 16.6 Å². The molecular formula is C21H27N5O4. The Balaban J connectivity index is 1.75. The molecule has 0 aliphatic carbocycles. The molecule has 9 heteroatoms.